The first-order valence-electron chi connectivity index (χ1n) is 6.04. The third-order valence-corrected chi connectivity index (χ3v) is 2.76. The molecule has 0 bridgehead atoms. The van der Waals surface area contributed by atoms with E-state index in [0.29, 0.717) is 0 Å². The summed E-state index contributed by atoms with van der Waals surface area (Å²) in [4.78, 5) is 22.4. The molecule has 0 aromatic carbocycles. The van der Waals surface area contributed by atoms with Crippen molar-refractivity contribution in [1.29, 1.82) is 0 Å². The molecule has 94 valence electrons. The van der Waals surface area contributed by atoms with Gasteiger partial charge in [0.15, 0.2) is 0 Å². The number of unbranched alkanes of at least 4 members (excludes halogenated alkanes) is 3. The van der Waals surface area contributed by atoms with Crippen molar-refractivity contribution in [3.63, 3.8) is 0 Å². The topological polar surface area (TPSA) is 43.4 Å². The summed E-state index contributed by atoms with van der Waals surface area (Å²) in [6.07, 6.45) is 6.03. The molecule has 0 spiro atoms. The van der Waals surface area contributed by atoms with Gasteiger partial charge in [0.1, 0.15) is 0 Å². The Labute approximate surface area is 98.6 Å². The Morgan fingerprint density at radius 3 is 2.25 bits per heavy atom. The van der Waals surface area contributed by atoms with Gasteiger partial charge < -0.3 is 4.74 Å². The van der Waals surface area contributed by atoms with Crippen LogP contribution in [0.25, 0.3) is 0 Å². The van der Waals surface area contributed by atoms with Crippen LogP contribution in [-0.2, 0) is 14.3 Å². The minimum Gasteiger partial charge on any atom is -0.463 e. The van der Waals surface area contributed by atoms with Gasteiger partial charge in [-0.05, 0) is 11.8 Å². The number of ether oxygens (including phenoxy) is 1. The maximum Gasteiger partial charge on any atom is 0.374 e. The summed E-state index contributed by atoms with van der Waals surface area (Å²) in [7, 11) is 1.24. The van der Waals surface area contributed by atoms with Crippen molar-refractivity contribution in [1.82, 2.24) is 0 Å². The number of ketones is 1. The van der Waals surface area contributed by atoms with Gasteiger partial charge in [-0.25, -0.2) is 4.79 Å². The highest BCUT2D eigenvalue weighted by Gasteiger charge is 2.25. The molecule has 0 unspecified atom stereocenters. The van der Waals surface area contributed by atoms with Crippen LogP contribution in [0.4, 0.5) is 0 Å². The maximum atomic E-state index is 11.4. The molecule has 0 fully saturated rings. The van der Waals surface area contributed by atoms with Crippen molar-refractivity contribution >= 4 is 11.8 Å². The number of carbonyl (C=O) groups is 2. The summed E-state index contributed by atoms with van der Waals surface area (Å²) in [6.45, 7) is 6.23. The van der Waals surface area contributed by atoms with Gasteiger partial charge in [-0.2, -0.15) is 0 Å². The quantitative estimate of drug-likeness (QED) is 0.364. The number of carbonyl (C=O) groups excluding carboxylic acids is 2. The summed E-state index contributed by atoms with van der Waals surface area (Å²) in [5, 5.41) is 0. The fraction of sp³-hybridized carbons (Fsp3) is 0.846. The molecule has 0 aliphatic carbocycles. The van der Waals surface area contributed by atoms with Crippen LogP contribution in [0.2, 0.25) is 0 Å². The first kappa shape index (κ1) is 15.1. The van der Waals surface area contributed by atoms with E-state index < -0.39 is 11.8 Å². The Bertz CT molecular complexity index is 231. The van der Waals surface area contributed by atoms with Crippen LogP contribution in [0.1, 0.15) is 59.3 Å². The molecule has 3 nitrogen and oxygen atoms in total. The van der Waals surface area contributed by atoms with E-state index in [4.69, 9.17) is 0 Å². The third-order valence-electron chi connectivity index (χ3n) is 2.76. The molecule has 0 aromatic heterocycles. The second kappa shape index (κ2) is 7.42. The van der Waals surface area contributed by atoms with Gasteiger partial charge in [-0.1, -0.05) is 46.5 Å². The minimum atomic E-state index is -0.721. The van der Waals surface area contributed by atoms with Gasteiger partial charge in [-0.15, -0.1) is 0 Å². The molecule has 3 heteroatoms. The molecule has 0 aliphatic heterocycles. The van der Waals surface area contributed by atoms with E-state index in [-0.39, 0.29) is 11.8 Å². The van der Waals surface area contributed by atoms with Crippen LogP contribution < -0.4 is 0 Å². The van der Waals surface area contributed by atoms with Gasteiger partial charge >= 0.3 is 5.97 Å². The highest BCUT2D eigenvalue weighted by atomic mass is 16.5. The average molecular weight is 228 g/mol. The Balaban J connectivity index is 3.94. The molecule has 0 heterocycles. The number of esters is 1. The highest BCUT2D eigenvalue weighted by molar-refractivity contribution is 6.33. The van der Waals surface area contributed by atoms with Crippen LogP contribution >= 0.6 is 0 Å². The third kappa shape index (κ3) is 6.59. The number of hydrogen-bond donors (Lipinski definition) is 0. The van der Waals surface area contributed by atoms with Crippen molar-refractivity contribution in [3.05, 3.63) is 0 Å². The van der Waals surface area contributed by atoms with E-state index >= 15 is 0 Å². The summed E-state index contributed by atoms with van der Waals surface area (Å²) >= 11 is 0. The molecule has 0 saturated heterocycles. The maximum absolute atomic E-state index is 11.4. The predicted molar refractivity (Wildman–Crippen MR) is 64.2 cm³/mol. The molecule has 0 rings (SSSR count). The fourth-order valence-corrected chi connectivity index (χ4v) is 1.74. The molecule has 0 aromatic rings. The number of Topliss-reactive ketones (excluding diaryl/α,β-unsaturated/α-hetero) is 1. The van der Waals surface area contributed by atoms with Gasteiger partial charge in [0.05, 0.1) is 7.11 Å². The molecule has 0 radical (unpaired) electrons. The van der Waals surface area contributed by atoms with Crippen molar-refractivity contribution in [2.24, 2.45) is 5.41 Å². The lowest BCUT2D eigenvalue weighted by molar-refractivity contribution is -0.152. The van der Waals surface area contributed by atoms with Crippen LogP contribution in [0.3, 0.4) is 0 Å². The smallest absolute Gasteiger partial charge is 0.374 e. The molecule has 0 N–H and O–H groups in total. The predicted octanol–water partition coefficient (Wildman–Crippen LogP) is 3.12. The molecule has 0 atom stereocenters. The Hall–Kier alpha value is -0.860. The van der Waals surface area contributed by atoms with Gasteiger partial charge in [0, 0.05) is 6.42 Å². The van der Waals surface area contributed by atoms with Crippen molar-refractivity contribution in [2.75, 3.05) is 7.11 Å². The average Bonchev–Trinajstić information content (AvgIpc) is 2.22. The highest BCUT2D eigenvalue weighted by Crippen LogP contribution is 2.28. The molecule has 0 amide bonds. The molecule has 0 saturated carbocycles. The first-order chi connectivity index (χ1) is 7.43. The summed E-state index contributed by atoms with van der Waals surface area (Å²) in [6, 6.07) is 0. The monoisotopic (exact) mass is 228 g/mol. The number of methoxy groups -OCH3 is 1. The van der Waals surface area contributed by atoms with Gasteiger partial charge in [-0.3, -0.25) is 4.79 Å². The number of hydrogen-bond acceptors (Lipinski definition) is 3. The van der Waals surface area contributed by atoms with Gasteiger partial charge in [0.25, 0.3) is 0 Å². The molecule has 0 aliphatic rings. The molecule has 16 heavy (non-hydrogen) atoms. The lowest BCUT2D eigenvalue weighted by Crippen LogP contribution is -2.24. The van der Waals surface area contributed by atoms with Crippen molar-refractivity contribution < 1.29 is 14.3 Å². The second-order valence-electron chi connectivity index (χ2n) is 5.07. The Morgan fingerprint density at radius 2 is 1.75 bits per heavy atom. The zero-order chi connectivity index (χ0) is 12.6. The normalized spacial score (nSPS) is 11.2. The van der Waals surface area contributed by atoms with E-state index in [1.165, 1.54) is 26.4 Å². The first-order valence-corrected chi connectivity index (χ1v) is 6.04. The molecular weight excluding hydrogens is 204 g/mol. The van der Waals surface area contributed by atoms with Crippen LogP contribution in [0, 0.1) is 5.41 Å². The van der Waals surface area contributed by atoms with Crippen LogP contribution in [0.15, 0.2) is 0 Å². The zero-order valence-corrected chi connectivity index (χ0v) is 11.0. The van der Waals surface area contributed by atoms with Crippen LogP contribution in [0.5, 0.6) is 0 Å². The molecular formula is C13H24O3. The minimum absolute atomic E-state index is 0.0982. The Kier molecular flexibility index (Phi) is 7.02. The fourth-order valence-electron chi connectivity index (χ4n) is 1.74. The van der Waals surface area contributed by atoms with Gasteiger partial charge in [0.2, 0.25) is 5.78 Å². The second-order valence-corrected chi connectivity index (χ2v) is 5.07. The van der Waals surface area contributed by atoms with Crippen molar-refractivity contribution in [2.45, 2.75) is 59.3 Å². The van der Waals surface area contributed by atoms with E-state index in [9.17, 15) is 9.59 Å². The SMILES string of the molecule is CCCCCCC(C)(C)CC(=O)C(=O)OC. The van der Waals surface area contributed by atoms with E-state index in [2.05, 4.69) is 11.7 Å². The summed E-state index contributed by atoms with van der Waals surface area (Å²) < 4.78 is 4.41. The van der Waals surface area contributed by atoms with E-state index in [1.807, 2.05) is 13.8 Å². The van der Waals surface area contributed by atoms with Crippen LogP contribution in [-0.4, -0.2) is 18.9 Å². The van der Waals surface area contributed by atoms with E-state index in [0.717, 1.165) is 12.8 Å². The van der Waals surface area contributed by atoms with E-state index in [1.54, 1.807) is 0 Å². The largest absolute Gasteiger partial charge is 0.463 e. The zero-order valence-electron chi connectivity index (χ0n) is 11.0. The summed E-state index contributed by atoms with van der Waals surface area (Å²) in [5.74, 6) is -1.13. The van der Waals surface area contributed by atoms with Crippen molar-refractivity contribution in [3.8, 4) is 0 Å². The summed E-state index contributed by atoms with van der Waals surface area (Å²) in [5.41, 5.74) is -0.0982. The Morgan fingerprint density at radius 1 is 1.12 bits per heavy atom. The standard InChI is InChI=1S/C13H24O3/c1-5-6-7-8-9-13(2,3)10-11(14)12(15)16-4/h5-10H2,1-4H3. The lowest BCUT2D eigenvalue weighted by Gasteiger charge is -2.22. The lowest BCUT2D eigenvalue weighted by atomic mass is 9.82. The number of rotatable bonds is 8.